The van der Waals surface area contributed by atoms with E-state index >= 15 is 0 Å². The van der Waals surface area contributed by atoms with Crippen LogP contribution < -0.4 is 5.32 Å². The van der Waals surface area contributed by atoms with Gasteiger partial charge in [0.05, 0.1) is 18.1 Å². The summed E-state index contributed by atoms with van der Waals surface area (Å²) in [5.74, 6) is -0.607. The van der Waals surface area contributed by atoms with Crippen molar-refractivity contribution < 1.29 is 15.0 Å². The summed E-state index contributed by atoms with van der Waals surface area (Å²) < 4.78 is 0. The first-order valence-electron chi connectivity index (χ1n) is 3.74. The summed E-state index contributed by atoms with van der Waals surface area (Å²) in [5, 5.41) is 20.8. The fraction of sp³-hybridized carbons (Fsp3) is 0.857. The van der Waals surface area contributed by atoms with E-state index in [9.17, 15) is 9.90 Å². The van der Waals surface area contributed by atoms with Gasteiger partial charge in [0.25, 0.3) is 0 Å². The molecule has 0 aromatic carbocycles. The number of hydrogen-bond acceptors (Lipinski definition) is 3. The van der Waals surface area contributed by atoms with Crippen molar-refractivity contribution in [3.63, 3.8) is 0 Å². The molecule has 0 saturated heterocycles. The van der Waals surface area contributed by atoms with E-state index < -0.39 is 18.1 Å². The first kappa shape index (κ1) is 8.49. The topological polar surface area (TPSA) is 69.6 Å². The summed E-state index contributed by atoms with van der Waals surface area (Å²) in [7, 11) is 1.53. The largest absolute Gasteiger partial charge is 0.390 e. The van der Waals surface area contributed by atoms with Crippen LogP contribution in [0.5, 0.6) is 0 Å². The van der Waals surface area contributed by atoms with Crippen molar-refractivity contribution in [2.75, 3.05) is 7.05 Å². The highest BCUT2D eigenvalue weighted by molar-refractivity contribution is 5.79. The summed E-state index contributed by atoms with van der Waals surface area (Å²) in [4.78, 5) is 11.0. The molecule has 4 nitrogen and oxygen atoms in total. The monoisotopic (exact) mass is 159 g/mol. The van der Waals surface area contributed by atoms with Gasteiger partial charge in [0, 0.05) is 7.05 Å². The third-order valence-corrected chi connectivity index (χ3v) is 2.16. The second kappa shape index (κ2) is 3.19. The van der Waals surface area contributed by atoms with Crippen LogP contribution >= 0.6 is 0 Å². The fourth-order valence-electron chi connectivity index (χ4n) is 1.43. The van der Waals surface area contributed by atoms with Crippen LogP contribution in [0.15, 0.2) is 0 Å². The molecule has 1 fully saturated rings. The highest BCUT2D eigenvalue weighted by Gasteiger charge is 2.37. The van der Waals surface area contributed by atoms with E-state index in [2.05, 4.69) is 5.32 Å². The maximum absolute atomic E-state index is 11.0. The first-order chi connectivity index (χ1) is 5.16. The Kier molecular flexibility index (Phi) is 2.46. The normalized spacial score (nSPS) is 37.2. The third kappa shape index (κ3) is 1.52. The number of carbonyl (C=O) groups excluding carboxylic acids is 1. The zero-order chi connectivity index (χ0) is 8.43. The fourth-order valence-corrected chi connectivity index (χ4v) is 1.43. The molecule has 3 atom stereocenters. The average molecular weight is 159 g/mol. The lowest BCUT2D eigenvalue weighted by atomic mass is 10.1. The van der Waals surface area contributed by atoms with E-state index in [-0.39, 0.29) is 5.91 Å². The van der Waals surface area contributed by atoms with Crippen LogP contribution in [-0.4, -0.2) is 35.4 Å². The minimum atomic E-state index is -0.880. The van der Waals surface area contributed by atoms with Crippen LogP contribution in [-0.2, 0) is 4.79 Å². The molecule has 0 aromatic heterocycles. The predicted octanol–water partition coefficient (Wildman–Crippen LogP) is -1.14. The smallest absolute Gasteiger partial charge is 0.225 e. The highest BCUT2D eigenvalue weighted by atomic mass is 16.3. The number of nitrogens with one attached hydrogen (secondary N) is 1. The minimum Gasteiger partial charge on any atom is -0.390 e. The molecule has 1 rings (SSSR count). The molecule has 11 heavy (non-hydrogen) atoms. The highest BCUT2D eigenvalue weighted by Crippen LogP contribution is 2.25. The molecule has 1 aliphatic rings. The van der Waals surface area contributed by atoms with Gasteiger partial charge in [-0.2, -0.15) is 0 Å². The molecule has 0 aliphatic heterocycles. The standard InChI is InChI=1S/C7H13NO3/c1-8-7(11)4-2-3-5(9)6(4)10/h4-6,9-10H,2-3H2,1H3,(H,8,11). The Morgan fingerprint density at radius 1 is 1.45 bits per heavy atom. The molecule has 1 aliphatic carbocycles. The van der Waals surface area contributed by atoms with Crippen molar-refractivity contribution in [2.24, 2.45) is 5.92 Å². The number of aliphatic hydroxyl groups is 2. The minimum absolute atomic E-state index is 0.186. The van der Waals surface area contributed by atoms with Gasteiger partial charge in [-0.05, 0) is 12.8 Å². The Morgan fingerprint density at radius 2 is 2.09 bits per heavy atom. The van der Waals surface area contributed by atoms with Crippen molar-refractivity contribution >= 4 is 5.91 Å². The van der Waals surface area contributed by atoms with E-state index in [1.165, 1.54) is 7.05 Å². The molecular weight excluding hydrogens is 146 g/mol. The van der Waals surface area contributed by atoms with Crippen LogP contribution in [0.1, 0.15) is 12.8 Å². The van der Waals surface area contributed by atoms with Crippen molar-refractivity contribution in [2.45, 2.75) is 25.0 Å². The third-order valence-electron chi connectivity index (χ3n) is 2.16. The Morgan fingerprint density at radius 3 is 2.45 bits per heavy atom. The van der Waals surface area contributed by atoms with Gasteiger partial charge in [-0.25, -0.2) is 0 Å². The molecule has 0 aromatic rings. The zero-order valence-electron chi connectivity index (χ0n) is 6.45. The molecule has 4 heteroatoms. The average Bonchev–Trinajstić information content (AvgIpc) is 2.32. The molecule has 1 amide bonds. The van der Waals surface area contributed by atoms with Crippen LogP contribution in [0.3, 0.4) is 0 Å². The predicted molar refractivity (Wildman–Crippen MR) is 38.8 cm³/mol. The van der Waals surface area contributed by atoms with Crippen molar-refractivity contribution in [3.05, 3.63) is 0 Å². The second-order valence-corrected chi connectivity index (χ2v) is 2.86. The summed E-state index contributed by atoms with van der Waals surface area (Å²) in [6, 6.07) is 0. The maximum atomic E-state index is 11.0. The second-order valence-electron chi connectivity index (χ2n) is 2.86. The lowest BCUT2D eigenvalue weighted by Gasteiger charge is -2.13. The first-order valence-corrected chi connectivity index (χ1v) is 3.74. The van der Waals surface area contributed by atoms with Gasteiger partial charge < -0.3 is 15.5 Å². The van der Waals surface area contributed by atoms with E-state index in [4.69, 9.17) is 5.11 Å². The Labute approximate surface area is 65.2 Å². The summed E-state index contributed by atoms with van der Waals surface area (Å²) in [6.07, 6.45) is -0.520. The summed E-state index contributed by atoms with van der Waals surface area (Å²) in [6.45, 7) is 0. The maximum Gasteiger partial charge on any atom is 0.225 e. The number of hydrogen-bond donors (Lipinski definition) is 3. The Hall–Kier alpha value is -0.610. The molecule has 64 valence electrons. The van der Waals surface area contributed by atoms with Crippen LogP contribution in [0.4, 0.5) is 0 Å². The molecule has 0 heterocycles. The van der Waals surface area contributed by atoms with E-state index in [1.807, 2.05) is 0 Å². The summed E-state index contributed by atoms with van der Waals surface area (Å²) in [5.41, 5.74) is 0. The van der Waals surface area contributed by atoms with Gasteiger partial charge in [0.1, 0.15) is 0 Å². The van der Waals surface area contributed by atoms with Gasteiger partial charge in [-0.3, -0.25) is 4.79 Å². The van der Waals surface area contributed by atoms with Crippen LogP contribution in [0.25, 0.3) is 0 Å². The van der Waals surface area contributed by atoms with Crippen molar-refractivity contribution in [3.8, 4) is 0 Å². The van der Waals surface area contributed by atoms with E-state index in [0.717, 1.165) is 0 Å². The SMILES string of the molecule is CNC(=O)C1CCC(O)C1O. The van der Waals surface area contributed by atoms with Gasteiger partial charge >= 0.3 is 0 Å². The van der Waals surface area contributed by atoms with E-state index in [1.54, 1.807) is 0 Å². The van der Waals surface area contributed by atoms with Crippen LogP contribution in [0.2, 0.25) is 0 Å². The lowest BCUT2D eigenvalue weighted by Crippen LogP contribution is -2.35. The Bertz CT molecular complexity index is 160. The Balaban J connectivity index is 2.54. The molecular formula is C7H13NO3. The van der Waals surface area contributed by atoms with E-state index in [0.29, 0.717) is 12.8 Å². The molecule has 0 radical (unpaired) electrons. The number of aliphatic hydroxyl groups excluding tert-OH is 2. The van der Waals surface area contributed by atoms with Crippen molar-refractivity contribution in [1.82, 2.24) is 5.32 Å². The van der Waals surface area contributed by atoms with Gasteiger partial charge in [-0.15, -0.1) is 0 Å². The van der Waals surface area contributed by atoms with Gasteiger partial charge in [-0.1, -0.05) is 0 Å². The molecule has 1 saturated carbocycles. The molecule has 3 unspecified atom stereocenters. The quantitative estimate of drug-likeness (QED) is 0.453. The molecule has 0 bridgehead atoms. The summed E-state index contributed by atoms with van der Waals surface area (Å²) >= 11 is 0. The van der Waals surface area contributed by atoms with Gasteiger partial charge in [0.2, 0.25) is 5.91 Å². The molecule has 0 spiro atoms. The number of carbonyl (C=O) groups is 1. The lowest BCUT2D eigenvalue weighted by molar-refractivity contribution is -0.128. The number of rotatable bonds is 1. The zero-order valence-corrected chi connectivity index (χ0v) is 6.45. The number of amides is 1. The molecule has 3 N–H and O–H groups in total. The van der Waals surface area contributed by atoms with Crippen LogP contribution in [0, 0.1) is 5.92 Å². The van der Waals surface area contributed by atoms with Crippen molar-refractivity contribution in [1.29, 1.82) is 0 Å². The van der Waals surface area contributed by atoms with Gasteiger partial charge in [0.15, 0.2) is 0 Å².